The van der Waals surface area contributed by atoms with Crippen molar-refractivity contribution >= 4 is 34.1 Å². The maximum atomic E-state index is 12.8. The molecule has 2 aromatic rings. The molecule has 24 heavy (non-hydrogen) atoms. The summed E-state index contributed by atoms with van der Waals surface area (Å²) >= 11 is 5.58. The topological polar surface area (TPSA) is 48.6 Å². The van der Waals surface area contributed by atoms with Gasteiger partial charge in [0.2, 0.25) is 0 Å². The van der Waals surface area contributed by atoms with Crippen LogP contribution in [0.3, 0.4) is 0 Å². The van der Waals surface area contributed by atoms with Gasteiger partial charge in [-0.05, 0) is 37.2 Å². The number of para-hydroxylation sites is 1. The van der Waals surface area contributed by atoms with Crippen molar-refractivity contribution in [3.8, 4) is 0 Å². The number of aromatic nitrogens is 1. The first-order chi connectivity index (χ1) is 11.7. The van der Waals surface area contributed by atoms with Gasteiger partial charge < -0.3 is 14.6 Å². The third-order valence-corrected chi connectivity index (χ3v) is 5.36. The van der Waals surface area contributed by atoms with Crippen LogP contribution in [0.5, 0.6) is 0 Å². The summed E-state index contributed by atoms with van der Waals surface area (Å²) in [5.41, 5.74) is 3.58. The average Bonchev–Trinajstić information content (AvgIpc) is 3.07. The summed E-state index contributed by atoms with van der Waals surface area (Å²) < 4.78 is 5.37. The average molecular weight is 343 g/mol. The molecule has 4 rings (SSSR count). The Bertz CT molecular complexity index is 801. The van der Waals surface area contributed by atoms with E-state index in [1.165, 1.54) is 16.6 Å². The van der Waals surface area contributed by atoms with E-state index in [2.05, 4.69) is 22.0 Å². The predicted molar refractivity (Wildman–Crippen MR) is 96.8 cm³/mol. The van der Waals surface area contributed by atoms with Crippen molar-refractivity contribution in [1.29, 1.82) is 0 Å². The van der Waals surface area contributed by atoms with Gasteiger partial charge in [-0.15, -0.1) is 0 Å². The molecule has 1 amide bonds. The van der Waals surface area contributed by atoms with Gasteiger partial charge in [-0.3, -0.25) is 9.69 Å². The van der Waals surface area contributed by atoms with E-state index in [0.717, 1.165) is 18.4 Å². The minimum Gasteiger partial charge on any atom is -0.382 e. The molecule has 0 bridgehead atoms. The molecule has 2 aliphatic heterocycles. The van der Waals surface area contributed by atoms with Gasteiger partial charge >= 0.3 is 0 Å². The van der Waals surface area contributed by atoms with E-state index < -0.39 is 0 Å². The molecule has 1 N–H and O–H groups in total. The zero-order valence-corrected chi connectivity index (χ0v) is 14.6. The summed E-state index contributed by atoms with van der Waals surface area (Å²) in [6, 6.07) is 8.12. The number of rotatable bonds is 5. The minimum atomic E-state index is -0.156. The number of amides is 1. The van der Waals surface area contributed by atoms with E-state index >= 15 is 0 Å². The zero-order valence-electron chi connectivity index (χ0n) is 13.7. The second-order valence-electron chi connectivity index (χ2n) is 6.30. The van der Waals surface area contributed by atoms with Gasteiger partial charge in [0, 0.05) is 42.8 Å². The number of carbonyl (C=O) groups is 1. The molecular weight excluding hydrogens is 322 g/mol. The standard InChI is InChI=1S/C18H21N3O2S/c1-2-23-9-5-8-20-17(22)16-10-13-12-6-3-4-7-14(12)19-15(13)11-21(16)18(20)24/h3-4,6-7,16,19H,2,5,8-11H2,1H3/t16-/m1/s1. The lowest BCUT2D eigenvalue weighted by Crippen LogP contribution is -2.39. The number of aromatic amines is 1. The Labute approximate surface area is 146 Å². The van der Waals surface area contributed by atoms with E-state index in [0.29, 0.717) is 31.4 Å². The SMILES string of the molecule is CCOCCCN1C(=O)[C@H]2Cc3c([nH]c4ccccc34)CN2C1=S. The normalized spacial score (nSPS) is 20.0. The first-order valence-corrected chi connectivity index (χ1v) is 8.89. The maximum absolute atomic E-state index is 12.8. The number of thiocarbonyl (C=S) groups is 1. The van der Waals surface area contributed by atoms with Crippen LogP contribution in [0.4, 0.5) is 0 Å². The molecule has 0 aliphatic carbocycles. The van der Waals surface area contributed by atoms with Crippen molar-refractivity contribution < 1.29 is 9.53 Å². The van der Waals surface area contributed by atoms with E-state index in [-0.39, 0.29) is 11.9 Å². The fourth-order valence-electron chi connectivity index (χ4n) is 3.73. The van der Waals surface area contributed by atoms with Gasteiger partial charge in [-0.1, -0.05) is 18.2 Å². The van der Waals surface area contributed by atoms with Crippen LogP contribution in [0.15, 0.2) is 24.3 Å². The number of hydrogen-bond acceptors (Lipinski definition) is 3. The molecule has 0 spiro atoms. The van der Waals surface area contributed by atoms with Gasteiger partial charge in [0.15, 0.2) is 5.11 Å². The third-order valence-electron chi connectivity index (χ3n) is 4.91. The number of nitrogens with zero attached hydrogens (tertiary/aromatic N) is 2. The summed E-state index contributed by atoms with van der Waals surface area (Å²) in [4.78, 5) is 20.1. The van der Waals surface area contributed by atoms with Crippen LogP contribution >= 0.6 is 12.2 Å². The molecule has 0 radical (unpaired) electrons. The van der Waals surface area contributed by atoms with Crippen molar-refractivity contribution in [2.24, 2.45) is 0 Å². The molecule has 0 saturated carbocycles. The number of H-pyrrole nitrogens is 1. The second kappa shape index (κ2) is 6.18. The Kier molecular flexibility index (Phi) is 4.02. The molecule has 1 aromatic heterocycles. The van der Waals surface area contributed by atoms with E-state index in [4.69, 9.17) is 17.0 Å². The number of fused-ring (bicyclic) bond motifs is 4. The predicted octanol–water partition coefficient (Wildman–Crippen LogP) is 2.45. The summed E-state index contributed by atoms with van der Waals surface area (Å²) in [5, 5.41) is 1.88. The number of benzene rings is 1. The van der Waals surface area contributed by atoms with Crippen molar-refractivity contribution in [3.63, 3.8) is 0 Å². The lowest BCUT2D eigenvalue weighted by atomic mass is 9.97. The molecule has 0 unspecified atom stereocenters. The molecule has 3 heterocycles. The monoisotopic (exact) mass is 343 g/mol. The lowest BCUT2D eigenvalue weighted by molar-refractivity contribution is -0.128. The van der Waals surface area contributed by atoms with Crippen molar-refractivity contribution in [3.05, 3.63) is 35.5 Å². The highest BCUT2D eigenvalue weighted by molar-refractivity contribution is 7.80. The second-order valence-corrected chi connectivity index (χ2v) is 6.66. The third kappa shape index (κ3) is 2.41. The first kappa shape index (κ1) is 15.6. The van der Waals surface area contributed by atoms with Gasteiger partial charge in [0.1, 0.15) is 6.04 Å². The molecule has 2 aliphatic rings. The zero-order chi connectivity index (χ0) is 16.7. The summed E-state index contributed by atoms with van der Waals surface area (Å²) in [5.74, 6) is 0.132. The number of carbonyl (C=O) groups excluding carboxylic acids is 1. The van der Waals surface area contributed by atoms with Crippen LogP contribution in [0.25, 0.3) is 10.9 Å². The van der Waals surface area contributed by atoms with Crippen molar-refractivity contribution in [2.75, 3.05) is 19.8 Å². The van der Waals surface area contributed by atoms with Gasteiger partial charge in [0.05, 0.1) is 6.54 Å². The van der Waals surface area contributed by atoms with E-state index in [1.54, 1.807) is 4.90 Å². The van der Waals surface area contributed by atoms with Crippen molar-refractivity contribution in [2.45, 2.75) is 32.4 Å². The van der Waals surface area contributed by atoms with E-state index in [9.17, 15) is 4.79 Å². The number of nitrogens with one attached hydrogen (secondary N) is 1. The quantitative estimate of drug-likeness (QED) is 0.669. The molecule has 1 saturated heterocycles. The molecule has 5 nitrogen and oxygen atoms in total. The fraction of sp³-hybridized carbons (Fsp3) is 0.444. The van der Waals surface area contributed by atoms with Crippen LogP contribution in [0.1, 0.15) is 24.6 Å². The van der Waals surface area contributed by atoms with Crippen LogP contribution in [0, 0.1) is 0 Å². The first-order valence-electron chi connectivity index (χ1n) is 8.49. The number of hydrogen-bond donors (Lipinski definition) is 1. The smallest absolute Gasteiger partial charge is 0.251 e. The number of ether oxygens (including phenoxy) is 1. The van der Waals surface area contributed by atoms with Gasteiger partial charge in [-0.2, -0.15) is 0 Å². The Balaban J connectivity index is 1.56. The highest BCUT2D eigenvalue weighted by Gasteiger charge is 2.45. The Morgan fingerprint density at radius 1 is 1.38 bits per heavy atom. The maximum Gasteiger partial charge on any atom is 0.251 e. The lowest BCUT2D eigenvalue weighted by Gasteiger charge is -2.28. The fourth-order valence-corrected chi connectivity index (χ4v) is 4.11. The molecule has 6 heteroatoms. The molecule has 1 atom stereocenters. The summed E-state index contributed by atoms with van der Waals surface area (Å²) in [6.07, 6.45) is 1.54. The molecule has 1 fully saturated rings. The molecule has 126 valence electrons. The minimum absolute atomic E-state index is 0.132. The summed E-state index contributed by atoms with van der Waals surface area (Å²) in [7, 11) is 0. The van der Waals surface area contributed by atoms with Crippen LogP contribution in [-0.4, -0.2) is 51.6 Å². The van der Waals surface area contributed by atoms with Gasteiger partial charge in [-0.25, -0.2) is 0 Å². The van der Waals surface area contributed by atoms with Gasteiger partial charge in [0.25, 0.3) is 5.91 Å². The van der Waals surface area contributed by atoms with E-state index in [1.807, 2.05) is 19.1 Å². The van der Waals surface area contributed by atoms with Crippen LogP contribution < -0.4 is 0 Å². The highest BCUT2D eigenvalue weighted by atomic mass is 32.1. The van der Waals surface area contributed by atoms with Crippen LogP contribution in [0.2, 0.25) is 0 Å². The highest BCUT2D eigenvalue weighted by Crippen LogP contribution is 2.34. The Morgan fingerprint density at radius 2 is 2.21 bits per heavy atom. The van der Waals surface area contributed by atoms with Crippen molar-refractivity contribution in [1.82, 2.24) is 14.8 Å². The summed E-state index contributed by atoms with van der Waals surface area (Å²) in [6.45, 7) is 4.66. The molecular formula is C18H21N3O2S. The largest absolute Gasteiger partial charge is 0.382 e. The Morgan fingerprint density at radius 3 is 3.04 bits per heavy atom. The van der Waals surface area contributed by atoms with Crippen LogP contribution in [-0.2, 0) is 22.5 Å². The molecule has 1 aromatic carbocycles. The Hall–Kier alpha value is -1.92.